The molecule has 202 valence electrons. The van der Waals surface area contributed by atoms with Crippen LogP contribution in [0.2, 0.25) is 5.02 Å². The molecule has 2 aliphatic rings. The molecule has 7 nitrogen and oxygen atoms in total. The summed E-state index contributed by atoms with van der Waals surface area (Å²) in [4.78, 5) is 15.0. The Morgan fingerprint density at radius 3 is 2.76 bits per heavy atom. The standard InChI is InChI=1S/C28H36ClFN2O5/c1-36-12-3-2-10-28(35,21-8-5-9-22(30)26(21)18-6-4-7-20(29)14-18)25-17-32(11-13-37-25)27(34)19-15-23(31)24(33)16-19/h4-9,14,19,23-25,33,35H,2-3,10-13,15-17,31H2,1H3/t19-,23+,24-,25+,28+/m0/s1. The predicted octanol–water partition coefficient (Wildman–Crippen LogP) is 3.48. The van der Waals surface area contributed by atoms with Crippen LogP contribution in [-0.2, 0) is 19.9 Å². The van der Waals surface area contributed by atoms with Crippen molar-refractivity contribution in [2.24, 2.45) is 11.7 Å². The highest BCUT2D eigenvalue weighted by Gasteiger charge is 2.46. The molecule has 1 aliphatic heterocycles. The number of benzene rings is 2. The third kappa shape index (κ3) is 6.16. The maximum atomic E-state index is 15.4. The lowest BCUT2D eigenvalue weighted by Crippen LogP contribution is -2.55. The van der Waals surface area contributed by atoms with Crippen LogP contribution in [0.1, 0.15) is 37.7 Å². The fourth-order valence-corrected chi connectivity index (χ4v) is 5.77. The Bertz CT molecular complexity index is 1080. The molecule has 1 aliphatic carbocycles. The molecule has 37 heavy (non-hydrogen) atoms. The summed E-state index contributed by atoms with van der Waals surface area (Å²) in [6.45, 7) is 1.29. The normalized spacial score (nSPS) is 25.7. The zero-order valence-electron chi connectivity index (χ0n) is 21.1. The van der Waals surface area contributed by atoms with E-state index >= 15 is 4.39 Å². The van der Waals surface area contributed by atoms with Crippen molar-refractivity contribution in [3.63, 3.8) is 0 Å². The third-order valence-electron chi connectivity index (χ3n) is 7.59. The van der Waals surface area contributed by atoms with E-state index in [0.29, 0.717) is 55.0 Å². The Kier molecular flexibility index (Phi) is 9.21. The fourth-order valence-electron chi connectivity index (χ4n) is 5.58. The zero-order valence-corrected chi connectivity index (χ0v) is 21.9. The molecule has 2 aromatic rings. The van der Waals surface area contributed by atoms with Crippen LogP contribution in [0.25, 0.3) is 11.1 Å². The number of carbonyl (C=O) groups excluding carboxylic acids is 1. The topological polar surface area (TPSA) is 105 Å². The summed E-state index contributed by atoms with van der Waals surface area (Å²) in [6, 6.07) is 11.1. The predicted molar refractivity (Wildman–Crippen MR) is 139 cm³/mol. The van der Waals surface area contributed by atoms with Gasteiger partial charge in [0.25, 0.3) is 0 Å². The van der Waals surface area contributed by atoms with E-state index in [1.165, 1.54) is 6.07 Å². The fraction of sp³-hybridized carbons (Fsp3) is 0.536. The van der Waals surface area contributed by atoms with E-state index in [2.05, 4.69) is 0 Å². The molecule has 4 rings (SSSR count). The van der Waals surface area contributed by atoms with Crippen molar-refractivity contribution in [1.82, 2.24) is 4.90 Å². The van der Waals surface area contributed by atoms with Crippen molar-refractivity contribution >= 4 is 17.5 Å². The summed E-state index contributed by atoms with van der Waals surface area (Å²) in [6.07, 6.45) is 0.857. The van der Waals surface area contributed by atoms with Gasteiger partial charge in [-0.15, -0.1) is 0 Å². The molecule has 1 amide bonds. The molecule has 2 aromatic carbocycles. The van der Waals surface area contributed by atoms with Crippen molar-refractivity contribution < 1.29 is 28.9 Å². The Hall–Kier alpha value is -2.07. The van der Waals surface area contributed by atoms with E-state index in [9.17, 15) is 15.0 Å². The lowest BCUT2D eigenvalue weighted by atomic mass is 9.78. The first kappa shape index (κ1) is 28.0. The number of ether oxygens (including phenoxy) is 2. The Balaban J connectivity index is 1.68. The lowest BCUT2D eigenvalue weighted by molar-refractivity contribution is -0.167. The van der Waals surface area contributed by atoms with Gasteiger partial charge in [0, 0.05) is 42.8 Å². The van der Waals surface area contributed by atoms with E-state index < -0.39 is 29.7 Å². The van der Waals surface area contributed by atoms with Gasteiger partial charge in [-0.1, -0.05) is 35.9 Å². The number of hydrogen-bond acceptors (Lipinski definition) is 6. The van der Waals surface area contributed by atoms with Gasteiger partial charge in [-0.3, -0.25) is 4.79 Å². The summed E-state index contributed by atoms with van der Waals surface area (Å²) in [5.41, 5.74) is 5.56. The number of morpholine rings is 1. The van der Waals surface area contributed by atoms with Crippen LogP contribution in [0.3, 0.4) is 0 Å². The van der Waals surface area contributed by atoms with E-state index in [1.807, 2.05) is 0 Å². The number of methoxy groups -OCH3 is 1. The van der Waals surface area contributed by atoms with Gasteiger partial charge in [0.1, 0.15) is 17.5 Å². The molecule has 0 aromatic heterocycles. The molecule has 0 unspecified atom stereocenters. The molecule has 9 heteroatoms. The average Bonchev–Trinajstić information content (AvgIpc) is 3.23. The Morgan fingerprint density at radius 2 is 2.05 bits per heavy atom. The van der Waals surface area contributed by atoms with E-state index in [1.54, 1.807) is 48.4 Å². The van der Waals surface area contributed by atoms with Gasteiger partial charge in [-0.2, -0.15) is 0 Å². The van der Waals surface area contributed by atoms with Crippen LogP contribution in [0.4, 0.5) is 4.39 Å². The van der Waals surface area contributed by atoms with Gasteiger partial charge in [0.05, 0.1) is 19.3 Å². The number of halogens is 2. The molecule has 1 saturated carbocycles. The number of nitrogens with two attached hydrogens (primary N) is 1. The number of aliphatic hydroxyl groups is 2. The average molecular weight is 535 g/mol. The van der Waals surface area contributed by atoms with Crippen molar-refractivity contribution in [3.05, 3.63) is 58.9 Å². The molecule has 1 saturated heterocycles. The Labute approximate surface area is 222 Å². The molecular weight excluding hydrogens is 499 g/mol. The maximum absolute atomic E-state index is 15.4. The van der Waals surface area contributed by atoms with Crippen LogP contribution >= 0.6 is 11.6 Å². The summed E-state index contributed by atoms with van der Waals surface area (Å²) < 4.78 is 26.7. The first-order valence-corrected chi connectivity index (χ1v) is 13.2. The second-order valence-electron chi connectivity index (χ2n) is 10.1. The minimum Gasteiger partial charge on any atom is -0.391 e. The highest BCUT2D eigenvalue weighted by atomic mass is 35.5. The maximum Gasteiger partial charge on any atom is 0.226 e. The second kappa shape index (κ2) is 12.2. The lowest BCUT2D eigenvalue weighted by Gasteiger charge is -2.43. The van der Waals surface area contributed by atoms with E-state index in [0.717, 1.165) is 0 Å². The number of rotatable bonds is 9. The first-order valence-electron chi connectivity index (χ1n) is 12.8. The summed E-state index contributed by atoms with van der Waals surface area (Å²) in [5, 5.41) is 22.8. The molecule has 2 fully saturated rings. The minimum absolute atomic E-state index is 0.101. The van der Waals surface area contributed by atoms with E-state index in [4.69, 9.17) is 26.8 Å². The summed E-state index contributed by atoms with van der Waals surface area (Å²) in [5.74, 6) is -0.946. The molecule has 0 bridgehead atoms. The third-order valence-corrected chi connectivity index (χ3v) is 7.82. The highest BCUT2D eigenvalue weighted by molar-refractivity contribution is 6.30. The minimum atomic E-state index is -1.59. The second-order valence-corrected chi connectivity index (χ2v) is 10.5. The monoisotopic (exact) mass is 534 g/mol. The summed E-state index contributed by atoms with van der Waals surface area (Å²) >= 11 is 6.22. The van der Waals surface area contributed by atoms with Crippen LogP contribution in [0.5, 0.6) is 0 Å². The molecule has 1 heterocycles. The highest BCUT2D eigenvalue weighted by Crippen LogP contribution is 2.42. The quantitative estimate of drug-likeness (QED) is 0.425. The van der Waals surface area contributed by atoms with Gasteiger partial charge in [0.2, 0.25) is 5.91 Å². The van der Waals surface area contributed by atoms with Crippen LogP contribution in [0.15, 0.2) is 42.5 Å². The molecule has 0 radical (unpaired) electrons. The van der Waals surface area contributed by atoms with Crippen molar-refractivity contribution in [3.8, 4) is 11.1 Å². The summed E-state index contributed by atoms with van der Waals surface area (Å²) in [7, 11) is 1.62. The van der Waals surface area contributed by atoms with Crippen molar-refractivity contribution in [2.45, 2.75) is 56.0 Å². The smallest absolute Gasteiger partial charge is 0.226 e. The number of carbonyl (C=O) groups is 1. The van der Waals surface area contributed by atoms with Gasteiger partial charge in [0.15, 0.2) is 0 Å². The number of hydrogen-bond donors (Lipinski definition) is 3. The SMILES string of the molecule is COCCCC[C@@](O)(c1cccc(F)c1-c1cccc(Cl)c1)[C@H]1CN(C(=O)[C@H]2C[C@@H](N)[C@@H](O)C2)CCO1. The molecule has 5 atom stereocenters. The molecular formula is C28H36ClFN2O5. The number of amides is 1. The van der Waals surface area contributed by atoms with Gasteiger partial charge in [-0.05, 0) is 61.4 Å². The number of nitrogens with zero attached hydrogens (tertiary/aromatic N) is 1. The molecule has 4 N–H and O–H groups in total. The van der Waals surface area contributed by atoms with Crippen molar-refractivity contribution in [2.75, 3.05) is 33.4 Å². The van der Waals surface area contributed by atoms with Gasteiger partial charge in [-0.25, -0.2) is 4.39 Å². The van der Waals surface area contributed by atoms with Crippen molar-refractivity contribution in [1.29, 1.82) is 0 Å². The largest absolute Gasteiger partial charge is 0.391 e. The van der Waals surface area contributed by atoms with Crippen LogP contribution < -0.4 is 5.73 Å². The van der Waals surface area contributed by atoms with Gasteiger partial charge >= 0.3 is 0 Å². The zero-order chi connectivity index (χ0) is 26.6. The number of unbranched alkanes of at least 4 members (excludes halogenated alkanes) is 1. The number of aliphatic hydroxyl groups excluding tert-OH is 1. The van der Waals surface area contributed by atoms with Crippen LogP contribution in [-0.4, -0.2) is 72.7 Å². The van der Waals surface area contributed by atoms with Gasteiger partial charge < -0.3 is 30.3 Å². The van der Waals surface area contributed by atoms with Crippen LogP contribution in [0, 0.1) is 11.7 Å². The molecule has 0 spiro atoms. The Morgan fingerprint density at radius 1 is 1.27 bits per heavy atom. The van der Waals surface area contributed by atoms with E-state index in [-0.39, 0.29) is 37.0 Å². The first-order chi connectivity index (χ1) is 17.7.